The van der Waals surface area contributed by atoms with E-state index in [1.165, 1.54) is 63.5 Å². The Hall–Kier alpha value is -6.88. The van der Waals surface area contributed by atoms with Gasteiger partial charge < -0.3 is 13.9 Å². The van der Waals surface area contributed by atoms with Crippen LogP contribution in [-0.4, -0.2) is 4.57 Å². The van der Waals surface area contributed by atoms with Crippen LogP contribution in [0.4, 0.5) is 17.1 Å². The van der Waals surface area contributed by atoms with E-state index in [9.17, 15) is 0 Å². The van der Waals surface area contributed by atoms with Gasteiger partial charge in [0.2, 0.25) is 0 Å². The predicted molar refractivity (Wildman–Crippen MR) is 231 cm³/mol. The Morgan fingerprint density at radius 2 is 1.02 bits per heavy atom. The second-order valence-corrected chi connectivity index (χ2v) is 15.2. The van der Waals surface area contributed by atoms with Gasteiger partial charge in [-0.15, -0.1) is 11.3 Å². The average molecular weight is 707 g/mol. The zero-order valence-electron chi connectivity index (χ0n) is 29.0. The summed E-state index contributed by atoms with van der Waals surface area (Å²) in [6.07, 6.45) is 0. The van der Waals surface area contributed by atoms with Crippen LogP contribution in [0.15, 0.2) is 186 Å². The Labute approximate surface area is 314 Å². The van der Waals surface area contributed by atoms with E-state index in [4.69, 9.17) is 4.42 Å². The Bertz CT molecular complexity index is 3460. The van der Waals surface area contributed by atoms with Crippen LogP contribution in [0.1, 0.15) is 0 Å². The molecule has 3 nitrogen and oxygen atoms in total. The maximum Gasteiger partial charge on any atom is 0.137 e. The van der Waals surface area contributed by atoms with Crippen LogP contribution in [-0.2, 0) is 0 Å². The van der Waals surface area contributed by atoms with Crippen molar-refractivity contribution in [1.29, 1.82) is 0 Å². The van der Waals surface area contributed by atoms with Crippen LogP contribution in [0.25, 0.3) is 91.1 Å². The summed E-state index contributed by atoms with van der Waals surface area (Å²) < 4.78 is 11.5. The number of aromatic nitrogens is 1. The zero-order valence-corrected chi connectivity index (χ0v) is 29.8. The maximum atomic E-state index is 6.47. The quantitative estimate of drug-likeness (QED) is 0.182. The molecule has 0 radical (unpaired) electrons. The van der Waals surface area contributed by atoms with Gasteiger partial charge >= 0.3 is 0 Å². The number of para-hydroxylation sites is 2. The van der Waals surface area contributed by atoms with Gasteiger partial charge in [0.05, 0.1) is 11.0 Å². The van der Waals surface area contributed by atoms with Gasteiger partial charge in [-0.2, -0.15) is 0 Å². The molecule has 0 fully saturated rings. The van der Waals surface area contributed by atoms with Gasteiger partial charge in [-0.05, 0) is 106 Å². The fraction of sp³-hybridized carbons (Fsp3) is 0. The third kappa shape index (κ3) is 4.35. The molecule has 0 saturated carbocycles. The van der Waals surface area contributed by atoms with Crippen molar-refractivity contribution in [1.82, 2.24) is 4.57 Å². The van der Waals surface area contributed by atoms with Crippen LogP contribution in [0.3, 0.4) is 0 Å². The monoisotopic (exact) mass is 706 g/mol. The second kappa shape index (κ2) is 11.3. The third-order valence-corrected chi connectivity index (χ3v) is 12.2. The minimum atomic E-state index is 0.875. The van der Waals surface area contributed by atoms with Crippen molar-refractivity contribution >= 4 is 114 Å². The smallest absolute Gasteiger partial charge is 0.137 e. The lowest BCUT2D eigenvalue weighted by molar-refractivity contribution is 0.669. The molecular weight excluding hydrogens is 677 g/mol. The van der Waals surface area contributed by atoms with Crippen molar-refractivity contribution < 1.29 is 4.42 Å². The minimum Gasteiger partial charge on any atom is -0.456 e. The normalized spacial score (nSPS) is 12.1. The summed E-state index contributed by atoms with van der Waals surface area (Å²) in [4.78, 5) is 2.40. The molecule has 0 amide bonds. The molecule has 252 valence electrons. The molecule has 0 atom stereocenters. The number of hydrogen-bond acceptors (Lipinski definition) is 3. The van der Waals surface area contributed by atoms with Crippen molar-refractivity contribution in [3.63, 3.8) is 0 Å². The van der Waals surface area contributed by atoms with E-state index < -0.39 is 0 Å². The van der Waals surface area contributed by atoms with Crippen LogP contribution >= 0.6 is 11.3 Å². The molecule has 0 aliphatic carbocycles. The van der Waals surface area contributed by atoms with Crippen molar-refractivity contribution in [2.45, 2.75) is 0 Å². The molecule has 54 heavy (non-hydrogen) atoms. The van der Waals surface area contributed by atoms with E-state index in [0.717, 1.165) is 44.7 Å². The first kappa shape index (κ1) is 29.7. The molecule has 12 aromatic rings. The molecule has 4 heteroatoms. The van der Waals surface area contributed by atoms with Crippen molar-refractivity contribution in [2.75, 3.05) is 4.90 Å². The van der Waals surface area contributed by atoms with Crippen LogP contribution < -0.4 is 4.90 Å². The number of nitrogens with zero attached hydrogens (tertiary/aromatic N) is 2. The molecule has 12 rings (SSSR count). The summed E-state index contributed by atoms with van der Waals surface area (Å²) in [6, 6.07) is 66.1. The van der Waals surface area contributed by atoms with E-state index in [0.29, 0.717) is 0 Å². The largest absolute Gasteiger partial charge is 0.456 e. The first-order valence-corrected chi connectivity index (χ1v) is 19.1. The number of fused-ring (bicyclic) bond motifs is 12. The maximum absolute atomic E-state index is 6.47. The highest BCUT2D eigenvalue weighted by molar-refractivity contribution is 7.25. The Kier molecular flexibility index (Phi) is 6.21. The van der Waals surface area contributed by atoms with E-state index in [1.54, 1.807) is 0 Å². The number of furan rings is 1. The lowest BCUT2D eigenvalue weighted by Crippen LogP contribution is -2.09. The van der Waals surface area contributed by atoms with Crippen molar-refractivity contribution in [3.05, 3.63) is 182 Å². The molecule has 3 heterocycles. The zero-order chi connectivity index (χ0) is 35.3. The number of thiophene rings is 1. The van der Waals surface area contributed by atoms with Gasteiger partial charge in [-0.3, -0.25) is 0 Å². The topological polar surface area (TPSA) is 21.3 Å². The second-order valence-electron chi connectivity index (χ2n) is 14.1. The highest BCUT2D eigenvalue weighted by Gasteiger charge is 2.21. The van der Waals surface area contributed by atoms with Gasteiger partial charge in [-0.1, -0.05) is 91.0 Å². The fourth-order valence-corrected chi connectivity index (χ4v) is 9.78. The van der Waals surface area contributed by atoms with Crippen LogP contribution in [0.5, 0.6) is 0 Å². The molecule has 0 aliphatic heterocycles. The van der Waals surface area contributed by atoms with Crippen LogP contribution in [0.2, 0.25) is 0 Å². The summed E-state index contributed by atoms with van der Waals surface area (Å²) in [5, 5.41) is 12.3. The van der Waals surface area contributed by atoms with Gasteiger partial charge in [-0.25, -0.2) is 0 Å². The van der Waals surface area contributed by atoms with E-state index >= 15 is 0 Å². The number of anilines is 3. The molecule has 0 spiro atoms. The highest BCUT2D eigenvalue weighted by atomic mass is 32.1. The summed E-state index contributed by atoms with van der Waals surface area (Å²) in [7, 11) is 0. The van der Waals surface area contributed by atoms with Crippen molar-refractivity contribution in [3.8, 4) is 5.69 Å². The first-order valence-electron chi connectivity index (χ1n) is 18.3. The Balaban J connectivity index is 1.14. The Morgan fingerprint density at radius 3 is 1.89 bits per heavy atom. The lowest BCUT2D eigenvalue weighted by atomic mass is 10.0. The number of hydrogen-bond donors (Lipinski definition) is 0. The highest BCUT2D eigenvalue weighted by Crippen LogP contribution is 2.45. The number of rotatable bonds is 4. The van der Waals surface area contributed by atoms with E-state index in [2.05, 4.69) is 179 Å². The number of benzene rings is 9. The molecular formula is C50H30N2OS. The summed E-state index contributed by atoms with van der Waals surface area (Å²) in [5.41, 5.74) is 8.52. The van der Waals surface area contributed by atoms with E-state index in [1.807, 2.05) is 23.5 Å². The molecule has 0 unspecified atom stereocenters. The molecule has 0 bridgehead atoms. The third-order valence-electron chi connectivity index (χ3n) is 11.1. The average Bonchev–Trinajstić information content (AvgIpc) is 3.89. The molecule has 0 aliphatic rings. The minimum absolute atomic E-state index is 0.875. The lowest BCUT2D eigenvalue weighted by Gasteiger charge is -2.26. The summed E-state index contributed by atoms with van der Waals surface area (Å²) in [6.45, 7) is 0. The summed E-state index contributed by atoms with van der Waals surface area (Å²) >= 11 is 1.86. The van der Waals surface area contributed by atoms with Gasteiger partial charge in [0.1, 0.15) is 11.2 Å². The van der Waals surface area contributed by atoms with Gasteiger partial charge in [0, 0.05) is 70.5 Å². The molecule has 0 saturated heterocycles. The van der Waals surface area contributed by atoms with E-state index in [-0.39, 0.29) is 0 Å². The predicted octanol–water partition coefficient (Wildman–Crippen LogP) is 14.8. The SMILES string of the molecule is c1ccc(-n2c3ccc(N(c4ccc5c(c4)oc4ccccc45)c4ccc5sc6cc7ccccc7cc6c5c4)cc3c3c4ccccc4ccc32)cc1. The standard InChI is InChI=1S/C50H30N2OS/c1-2-13-34(14-3-1)52-44-24-20-35(29-43(44)50-38-15-7-6-10-31(38)18-23-45(50)52)51(37-19-22-40-39-16-8-9-17-46(39)53-47(40)30-37)36-21-25-48-42(28-36)41-26-32-11-4-5-12-33(32)27-49(41)54-48/h1-30H. The van der Waals surface area contributed by atoms with Crippen LogP contribution in [0, 0.1) is 0 Å². The molecule has 9 aromatic carbocycles. The van der Waals surface area contributed by atoms with Gasteiger partial charge in [0.15, 0.2) is 0 Å². The Morgan fingerprint density at radius 1 is 0.389 bits per heavy atom. The first-order chi connectivity index (χ1) is 26.7. The molecule has 3 aromatic heterocycles. The van der Waals surface area contributed by atoms with Gasteiger partial charge in [0.25, 0.3) is 0 Å². The van der Waals surface area contributed by atoms with Crippen molar-refractivity contribution in [2.24, 2.45) is 0 Å². The molecule has 0 N–H and O–H groups in total. The summed E-state index contributed by atoms with van der Waals surface area (Å²) in [5.74, 6) is 0. The fourth-order valence-electron chi connectivity index (χ4n) is 8.66.